The Morgan fingerprint density at radius 1 is 1.22 bits per heavy atom. The van der Waals surface area contributed by atoms with Crippen LogP contribution in [0.15, 0.2) is 35.3 Å². The molecule has 1 N–H and O–H groups in total. The van der Waals surface area contributed by atoms with E-state index in [2.05, 4.69) is 17.6 Å². The zero-order valence-corrected chi connectivity index (χ0v) is 23.4. The zero-order chi connectivity index (χ0) is 27.5. The number of esters is 1. The first-order valence-electron chi connectivity index (χ1n) is 12.9. The fraction of sp³-hybridized carbons (Fsp3) is 0.552. The van der Waals surface area contributed by atoms with Crippen LogP contribution < -0.4 is 5.56 Å². The highest BCUT2D eigenvalue weighted by atomic mass is 16.6. The van der Waals surface area contributed by atoms with Crippen molar-refractivity contribution in [3.63, 3.8) is 0 Å². The van der Waals surface area contributed by atoms with Gasteiger partial charge in [-0.15, -0.1) is 0 Å². The molecule has 37 heavy (non-hydrogen) atoms. The summed E-state index contributed by atoms with van der Waals surface area (Å²) < 4.78 is 14.8. The Morgan fingerprint density at radius 2 is 1.92 bits per heavy atom. The number of methoxy groups -OCH3 is 1. The third kappa shape index (κ3) is 6.67. The summed E-state index contributed by atoms with van der Waals surface area (Å²) in [6, 6.07) is 8.09. The van der Waals surface area contributed by atoms with Gasteiger partial charge in [0.05, 0.1) is 35.7 Å². The number of hydrogen-bond donors (Lipinski definition) is 1. The van der Waals surface area contributed by atoms with E-state index in [1.54, 1.807) is 25.6 Å². The van der Waals surface area contributed by atoms with Crippen molar-refractivity contribution in [2.24, 2.45) is 13.0 Å². The Bertz CT molecular complexity index is 1270. The number of rotatable bonds is 10. The Labute approximate surface area is 219 Å². The van der Waals surface area contributed by atoms with E-state index in [9.17, 15) is 14.7 Å². The highest BCUT2D eigenvalue weighted by Gasteiger charge is 2.29. The van der Waals surface area contributed by atoms with Gasteiger partial charge in [0.2, 0.25) is 0 Å². The number of aliphatic hydroxyl groups is 1. The van der Waals surface area contributed by atoms with E-state index in [0.29, 0.717) is 25.0 Å². The van der Waals surface area contributed by atoms with Gasteiger partial charge in [-0.05, 0) is 77.6 Å². The number of benzene rings is 1. The van der Waals surface area contributed by atoms with Gasteiger partial charge in [0, 0.05) is 31.5 Å². The van der Waals surface area contributed by atoms with Crippen LogP contribution in [-0.2, 0) is 27.7 Å². The second kappa shape index (κ2) is 11.6. The van der Waals surface area contributed by atoms with E-state index in [4.69, 9.17) is 14.5 Å². The van der Waals surface area contributed by atoms with Crippen molar-refractivity contribution in [3.8, 4) is 11.4 Å². The van der Waals surface area contributed by atoms with Crippen LogP contribution in [0, 0.1) is 12.8 Å². The molecule has 202 valence electrons. The van der Waals surface area contributed by atoms with Crippen LogP contribution >= 0.6 is 0 Å². The summed E-state index contributed by atoms with van der Waals surface area (Å²) in [6.45, 7) is 11.6. The summed E-state index contributed by atoms with van der Waals surface area (Å²) in [6.07, 6.45) is 2.93. The molecule has 3 aromatic rings. The van der Waals surface area contributed by atoms with E-state index in [-0.39, 0.29) is 17.6 Å². The molecule has 0 aliphatic rings. The van der Waals surface area contributed by atoms with Crippen LogP contribution in [0.25, 0.3) is 22.4 Å². The average Bonchev–Trinajstić information content (AvgIpc) is 3.18. The first-order valence-corrected chi connectivity index (χ1v) is 12.9. The summed E-state index contributed by atoms with van der Waals surface area (Å²) in [5.74, 6) is -0.210. The van der Waals surface area contributed by atoms with Crippen LogP contribution in [0.4, 0.5) is 0 Å². The SMILES string of the molecule is CCC(COC)n1c(-c2cc(C)c(=O)n(C)c2)nc2cc(CC[C@H](C(=O)OC(C)(C)C)[C@@H](C)O)ccc21. The molecule has 3 atom stereocenters. The molecule has 0 saturated heterocycles. The molecule has 0 spiro atoms. The van der Waals surface area contributed by atoms with E-state index in [0.717, 1.165) is 34.4 Å². The standard InChI is InChI=1S/C29H41N3O5/c1-9-22(17-36-8)32-25-13-11-20(10-12-23(19(3)33)28(35)37-29(4,5)6)15-24(25)30-26(32)21-14-18(2)27(34)31(7)16-21/h11,13-16,19,22-23,33H,9-10,12,17H2,1-8H3/t19-,22?,23+/m1/s1. The molecule has 0 fully saturated rings. The molecule has 1 aromatic carbocycles. The second-order valence-electron chi connectivity index (χ2n) is 10.9. The van der Waals surface area contributed by atoms with Crippen molar-refractivity contribution >= 4 is 17.0 Å². The number of carbonyl (C=O) groups is 1. The van der Waals surface area contributed by atoms with Crippen molar-refractivity contribution in [1.82, 2.24) is 14.1 Å². The molecule has 0 aliphatic heterocycles. The summed E-state index contributed by atoms with van der Waals surface area (Å²) in [7, 11) is 3.44. The molecule has 2 heterocycles. The topological polar surface area (TPSA) is 95.6 Å². The summed E-state index contributed by atoms with van der Waals surface area (Å²) in [5.41, 5.74) is 3.72. The quantitative estimate of drug-likeness (QED) is 0.401. The minimum Gasteiger partial charge on any atom is -0.460 e. The molecule has 8 heteroatoms. The lowest BCUT2D eigenvalue weighted by Crippen LogP contribution is -2.34. The van der Waals surface area contributed by atoms with Crippen LogP contribution in [0.5, 0.6) is 0 Å². The Kier molecular flexibility index (Phi) is 8.97. The van der Waals surface area contributed by atoms with Gasteiger partial charge in [0.25, 0.3) is 5.56 Å². The first kappa shape index (κ1) is 28.6. The minimum absolute atomic E-state index is 0.0321. The number of aryl methyl sites for hydroxylation is 3. The van der Waals surface area contributed by atoms with Crippen molar-refractivity contribution < 1.29 is 19.4 Å². The lowest BCUT2D eigenvalue weighted by molar-refractivity contribution is -0.163. The van der Waals surface area contributed by atoms with Crippen LogP contribution in [0.3, 0.4) is 0 Å². The highest BCUT2D eigenvalue weighted by Crippen LogP contribution is 2.31. The van der Waals surface area contributed by atoms with E-state index in [1.807, 2.05) is 52.1 Å². The van der Waals surface area contributed by atoms with Crippen molar-refractivity contribution in [2.45, 2.75) is 78.6 Å². The molecular weight excluding hydrogens is 470 g/mol. The number of carbonyl (C=O) groups excluding carboxylic acids is 1. The molecule has 0 aliphatic carbocycles. The van der Waals surface area contributed by atoms with Gasteiger partial charge in [-0.2, -0.15) is 0 Å². The molecule has 2 aromatic heterocycles. The Morgan fingerprint density at radius 3 is 2.49 bits per heavy atom. The van der Waals surface area contributed by atoms with Gasteiger partial charge in [-0.3, -0.25) is 9.59 Å². The predicted octanol–water partition coefficient (Wildman–Crippen LogP) is 4.58. The lowest BCUT2D eigenvalue weighted by Gasteiger charge is -2.25. The fourth-order valence-corrected chi connectivity index (χ4v) is 4.70. The fourth-order valence-electron chi connectivity index (χ4n) is 4.70. The number of hydrogen-bond acceptors (Lipinski definition) is 6. The van der Waals surface area contributed by atoms with Gasteiger partial charge >= 0.3 is 5.97 Å². The minimum atomic E-state index is -0.809. The maximum absolute atomic E-state index is 12.7. The van der Waals surface area contributed by atoms with Gasteiger partial charge < -0.3 is 23.7 Å². The maximum Gasteiger partial charge on any atom is 0.312 e. The molecule has 0 amide bonds. The summed E-state index contributed by atoms with van der Waals surface area (Å²) in [5, 5.41) is 10.2. The molecular formula is C29H41N3O5. The molecule has 3 rings (SSSR count). The van der Waals surface area contributed by atoms with Crippen molar-refractivity contribution in [2.75, 3.05) is 13.7 Å². The van der Waals surface area contributed by atoms with Gasteiger partial charge in [0.1, 0.15) is 11.4 Å². The summed E-state index contributed by atoms with van der Waals surface area (Å²) >= 11 is 0. The number of fused-ring (bicyclic) bond motifs is 1. The van der Waals surface area contributed by atoms with E-state index in [1.165, 1.54) is 0 Å². The van der Waals surface area contributed by atoms with Gasteiger partial charge in [-0.25, -0.2) is 4.98 Å². The lowest BCUT2D eigenvalue weighted by atomic mass is 9.94. The Hall–Kier alpha value is -2.97. The van der Waals surface area contributed by atoms with Gasteiger partial charge in [-0.1, -0.05) is 13.0 Å². The van der Waals surface area contributed by atoms with Crippen molar-refractivity contribution in [3.05, 3.63) is 51.9 Å². The van der Waals surface area contributed by atoms with Crippen LogP contribution in [-0.4, -0.2) is 50.6 Å². The normalized spacial score (nSPS) is 14.5. The molecule has 1 unspecified atom stereocenters. The van der Waals surface area contributed by atoms with Crippen molar-refractivity contribution in [1.29, 1.82) is 0 Å². The first-order chi connectivity index (χ1) is 17.4. The molecule has 0 bridgehead atoms. The second-order valence-corrected chi connectivity index (χ2v) is 10.9. The number of imidazole rings is 1. The number of ether oxygens (including phenoxy) is 2. The monoisotopic (exact) mass is 511 g/mol. The van der Waals surface area contributed by atoms with Crippen LogP contribution in [0.2, 0.25) is 0 Å². The number of aromatic nitrogens is 3. The Balaban J connectivity index is 2.01. The van der Waals surface area contributed by atoms with Crippen LogP contribution in [0.1, 0.15) is 64.6 Å². The zero-order valence-electron chi connectivity index (χ0n) is 23.4. The maximum atomic E-state index is 12.7. The average molecular weight is 512 g/mol. The van der Waals surface area contributed by atoms with Gasteiger partial charge in [0.15, 0.2) is 0 Å². The number of pyridine rings is 1. The smallest absolute Gasteiger partial charge is 0.312 e. The molecule has 0 radical (unpaired) electrons. The molecule has 8 nitrogen and oxygen atoms in total. The molecule has 0 saturated carbocycles. The predicted molar refractivity (Wildman–Crippen MR) is 146 cm³/mol. The third-order valence-electron chi connectivity index (χ3n) is 6.61. The van der Waals surface area contributed by atoms with E-state index >= 15 is 0 Å². The summed E-state index contributed by atoms with van der Waals surface area (Å²) in [4.78, 5) is 30.0. The number of aliphatic hydroxyl groups excluding tert-OH is 1. The highest BCUT2D eigenvalue weighted by molar-refractivity contribution is 5.81. The van der Waals surface area contributed by atoms with E-state index < -0.39 is 17.6 Å². The third-order valence-corrected chi connectivity index (χ3v) is 6.61. The number of nitrogens with zero attached hydrogens (tertiary/aromatic N) is 3. The largest absolute Gasteiger partial charge is 0.460 e.